The number of aromatic nitrogens is 6. The van der Waals surface area contributed by atoms with Gasteiger partial charge in [0.05, 0.1) is 22.5 Å². The van der Waals surface area contributed by atoms with Crippen molar-refractivity contribution in [2.75, 3.05) is 0 Å². The summed E-state index contributed by atoms with van der Waals surface area (Å²) < 4.78 is 69.0. The number of H-pyrrole nitrogens is 1. The molecule has 0 spiro atoms. The maximum absolute atomic E-state index is 13.6. The van der Waals surface area contributed by atoms with E-state index in [0.29, 0.717) is 58.0 Å². The molecule has 2 aliphatic rings. The van der Waals surface area contributed by atoms with E-state index in [2.05, 4.69) is 25.1 Å². The highest BCUT2D eigenvalue weighted by molar-refractivity contribution is 5.91. The number of rotatable bonds is 4. The van der Waals surface area contributed by atoms with E-state index in [1.807, 2.05) is 0 Å². The highest BCUT2D eigenvalue weighted by atomic mass is 19.4. The zero-order chi connectivity index (χ0) is 28.4. The standard InChI is InChI=1S/C28H27F5N6O/c1-14-37-38-26(39(14)2)25-24-20(7-8-34-25)36-22(10-23(24)40)19-13-35-21(16-11-27(29,30)12-16)9-18(19)15-3-5-17(6-4-15)28(31,32)33/h7-10,13,15-17H,3-6,11-12H2,1-2H3,(H,36,40)/t15-,17+. The Morgan fingerprint density at radius 1 is 1.02 bits per heavy atom. The van der Waals surface area contributed by atoms with Gasteiger partial charge in [-0.25, -0.2) is 8.78 Å². The zero-order valence-corrected chi connectivity index (χ0v) is 21.9. The second kappa shape index (κ2) is 9.45. The quantitative estimate of drug-likeness (QED) is 0.291. The van der Waals surface area contributed by atoms with Gasteiger partial charge in [-0.15, -0.1) is 10.2 Å². The largest absolute Gasteiger partial charge is 0.391 e. The predicted molar refractivity (Wildman–Crippen MR) is 138 cm³/mol. The van der Waals surface area contributed by atoms with Crippen molar-refractivity contribution in [1.82, 2.24) is 29.7 Å². The summed E-state index contributed by atoms with van der Waals surface area (Å²) in [7, 11) is 1.78. The molecule has 2 fully saturated rings. The molecule has 2 saturated carbocycles. The highest BCUT2D eigenvalue weighted by Gasteiger charge is 2.47. The van der Waals surface area contributed by atoms with Gasteiger partial charge in [0.25, 0.3) is 0 Å². The fourth-order valence-corrected chi connectivity index (χ4v) is 6.00. The fraction of sp³-hybridized carbons (Fsp3) is 0.464. The third-order valence-corrected chi connectivity index (χ3v) is 8.43. The van der Waals surface area contributed by atoms with E-state index >= 15 is 0 Å². The second-order valence-corrected chi connectivity index (χ2v) is 11.0. The number of nitrogens with one attached hydrogen (secondary N) is 1. The van der Waals surface area contributed by atoms with Crippen LogP contribution >= 0.6 is 0 Å². The number of aromatic amines is 1. The monoisotopic (exact) mass is 558 g/mol. The molecule has 0 aromatic carbocycles. The third kappa shape index (κ3) is 4.66. The summed E-state index contributed by atoms with van der Waals surface area (Å²) in [6.07, 6.45) is -1.14. The van der Waals surface area contributed by atoms with Crippen LogP contribution in [-0.2, 0) is 7.05 Å². The molecular weight excluding hydrogens is 531 g/mol. The summed E-state index contributed by atoms with van der Waals surface area (Å²) in [5.74, 6) is -3.62. The maximum Gasteiger partial charge on any atom is 0.391 e. The number of hydrogen-bond donors (Lipinski definition) is 1. The van der Waals surface area contributed by atoms with Gasteiger partial charge in [0.15, 0.2) is 11.3 Å². The number of hydrogen-bond acceptors (Lipinski definition) is 5. The molecule has 1 N–H and O–H groups in total. The smallest absolute Gasteiger partial charge is 0.354 e. The lowest BCUT2D eigenvalue weighted by Crippen LogP contribution is -2.34. The van der Waals surface area contributed by atoms with Crippen LogP contribution in [-0.4, -0.2) is 41.8 Å². The zero-order valence-electron chi connectivity index (χ0n) is 21.9. The Morgan fingerprint density at radius 2 is 1.75 bits per heavy atom. The van der Waals surface area contributed by atoms with Crippen molar-refractivity contribution in [2.24, 2.45) is 13.0 Å². The number of alkyl halides is 5. The minimum atomic E-state index is -4.24. The minimum Gasteiger partial charge on any atom is -0.354 e. The van der Waals surface area contributed by atoms with Crippen LogP contribution < -0.4 is 5.43 Å². The van der Waals surface area contributed by atoms with Gasteiger partial charge in [-0.3, -0.25) is 14.8 Å². The topological polar surface area (TPSA) is 89.3 Å². The van der Waals surface area contributed by atoms with E-state index in [1.165, 1.54) is 6.07 Å². The van der Waals surface area contributed by atoms with Crippen molar-refractivity contribution >= 4 is 10.9 Å². The molecule has 0 atom stereocenters. The average molecular weight is 559 g/mol. The van der Waals surface area contributed by atoms with Crippen LogP contribution in [0.1, 0.15) is 67.4 Å². The Labute approximate surface area is 225 Å². The van der Waals surface area contributed by atoms with E-state index in [9.17, 15) is 26.7 Å². The Kier molecular flexibility index (Phi) is 6.26. The van der Waals surface area contributed by atoms with Gasteiger partial charge in [0.1, 0.15) is 11.5 Å². The van der Waals surface area contributed by atoms with E-state index < -0.39 is 23.9 Å². The summed E-state index contributed by atoms with van der Waals surface area (Å²) >= 11 is 0. The summed E-state index contributed by atoms with van der Waals surface area (Å²) in [5, 5.41) is 8.55. The van der Waals surface area contributed by atoms with Crippen molar-refractivity contribution in [2.45, 2.75) is 69.4 Å². The minimum absolute atomic E-state index is 0.00680. The van der Waals surface area contributed by atoms with Crippen LogP contribution in [0.5, 0.6) is 0 Å². The van der Waals surface area contributed by atoms with Crippen molar-refractivity contribution in [3.05, 3.63) is 57.9 Å². The molecule has 4 aromatic rings. The molecule has 0 saturated heterocycles. The van der Waals surface area contributed by atoms with E-state index in [0.717, 1.165) is 5.56 Å². The van der Waals surface area contributed by atoms with E-state index in [-0.39, 0.29) is 37.0 Å². The maximum atomic E-state index is 13.6. The molecule has 0 bridgehead atoms. The normalized spacial score (nSPS) is 21.5. The highest BCUT2D eigenvalue weighted by Crippen LogP contribution is 2.50. The summed E-state index contributed by atoms with van der Waals surface area (Å²) in [4.78, 5) is 25.6. The molecule has 4 heterocycles. The number of pyridine rings is 3. The van der Waals surface area contributed by atoms with Crippen LogP contribution in [0.3, 0.4) is 0 Å². The van der Waals surface area contributed by atoms with E-state index in [4.69, 9.17) is 0 Å². The third-order valence-electron chi connectivity index (χ3n) is 8.43. The van der Waals surface area contributed by atoms with Gasteiger partial charge in [-0.1, -0.05) is 0 Å². The Hall–Kier alpha value is -3.70. The molecule has 0 unspecified atom stereocenters. The molecule has 6 rings (SSSR count). The molecule has 7 nitrogen and oxygen atoms in total. The fourth-order valence-electron chi connectivity index (χ4n) is 6.00. The molecule has 4 aromatic heterocycles. The van der Waals surface area contributed by atoms with Crippen LogP contribution in [0, 0.1) is 12.8 Å². The lowest BCUT2D eigenvalue weighted by Gasteiger charge is -2.35. The molecule has 40 heavy (non-hydrogen) atoms. The van der Waals surface area contributed by atoms with Crippen molar-refractivity contribution in [3.63, 3.8) is 0 Å². The van der Waals surface area contributed by atoms with Crippen molar-refractivity contribution in [3.8, 4) is 22.8 Å². The Balaban J connectivity index is 1.43. The number of aryl methyl sites for hydroxylation is 1. The molecule has 0 aliphatic heterocycles. The first-order valence-electron chi connectivity index (χ1n) is 13.2. The number of nitrogens with zero attached hydrogens (tertiary/aromatic N) is 5. The summed E-state index contributed by atoms with van der Waals surface area (Å²) in [6, 6.07) is 4.85. The molecule has 12 heteroatoms. The number of halogens is 5. The van der Waals surface area contributed by atoms with E-state index in [1.54, 1.807) is 43.1 Å². The second-order valence-electron chi connectivity index (χ2n) is 11.0. The van der Waals surface area contributed by atoms with Crippen molar-refractivity contribution in [1.29, 1.82) is 0 Å². The first-order chi connectivity index (χ1) is 18.9. The SMILES string of the molecule is Cc1nnc(-c2nccc3[nH]c(-c4cnc(C5CC(F)(F)C5)cc4[C@H]4CC[C@@H](C(F)(F)F)CC4)cc(=O)c23)n1C. The van der Waals surface area contributed by atoms with Gasteiger partial charge in [0.2, 0.25) is 5.92 Å². The van der Waals surface area contributed by atoms with Gasteiger partial charge >= 0.3 is 6.18 Å². The summed E-state index contributed by atoms with van der Waals surface area (Å²) in [5.41, 5.74) is 2.83. The lowest BCUT2D eigenvalue weighted by atomic mass is 9.75. The molecule has 210 valence electrons. The van der Waals surface area contributed by atoms with Crippen LogP contribution in [0.25, 0.3) is 33.7 Å². The first-order valence-corrected chi connectivity index (χ1v) is 13.2. The predicted octanol–water partition coefficient (Wildman–Crippen LogP) is 6.44. The van der Waals surface area contributed by atoms with Crippen LogP contribution in [0.15, 0.2) is 35.4 Å². The van der Waals surface area contributed by atoms with Gasteiger partial charge in [-0.2, -0.15) is 13.2 Å². The summed E-state index contributed by atoms with van der Waals surface area (Å²) in [6.45, 7) is 1.79. The van der Waals surface area contributed by atoms with Gasteiger partial charge in [0, 0.05) is 55.5 Å². The lowest BCUT2D eigenvalue weighted by molar-refractivity contribution is -0.182. The Bertz CT molecular complexity index is 1640. The van der Waals surface area contributed by atoms with Crippen molar-refractivity contribution < 1.29 is 22.0 Å². The number of fused-ring (bicyclic) bond motifs is 1. The van der Waals surface area contributed by atoms with Crippen LogP contribution in [0.4, 0.5) is 22.0 Å². The molecule has 0 amide bonds. The molecule has 0 radical (unpaired) electrons. The van der Waals surface area contributed by atoms with Gasteiger partial charge < -0.3 is 9.55 Å². The molecular formula is C28H27F5N6O. The average Bonchev–Trinajstić information content (AvgIpc) is 3.23. The van der Waals surface area contributed by atoms with Gasteiger partial charge in [-0.05, 0) is 56.2 Å². The first kappa shape index (κ1) is 26.5. The Morgan fingerprint density at radius 3 is 2.38 bits per heavy atom. The van der Waals surface area contributed by atoms with Crippen LogP contribution in [0.2, 0.25) is 0 Å². The molecule has 2 aliphatic carbocycles.